The van der Waals surface area contributed by atoms with Crippen LogP contribution >= 0.6 is 23.5 Å². The zero-order valence-electron chi connectivity index (χ0n) is 19.5. The second kappa shape index (κ2) is 10.0. The Bertz CT molecular complexity index is 1710. The van der Waals surface area contributed by atoms with E-state index in [4.69, 9.17) is 4.74 Å². The molecule has 2 heterocycles. The molecule has 1 aromatic heterocycles. The van der Waals surface area contributed by atoms with Gasteiger partial charge in [0, 0.05) is 11.3 Å². The molecule has 0 unspecified atom stereocenters. The van der Waals surface area contributed by atoms with E-state index in [1.807, 2.05) is 91.0 Å². The number of hydrogen-bond acceptors (Lipinski definition) is 6. The van der Waals surface area contributed by atoms with E-state index >= 15 is 0 Å². The summed E-state index contributed by atoms with van der Waals surface area (Å²) in [5, 5.41) is 10.2. The lowest BCUT2D eigenvalue weighted by molar-refractivity contribution is 0.455. The van der Waals surface area contributed by atoms with Crippen LogP contribution in [-0.2, 0) is 5.75 Å². The van der Waals surface area contributed by atoms with E-state index in [9.17, 15) is 10.1 Å². The molecule has 0 saturated carbocycles. The van der Waals surface area contributed by atoms with Crippen LogP contribution < -0.4 is 10.3 Å². The van der Waals surface area contributed by atoms with Crippen molar-refractivity contribution in [2.24, 2.45) is 0 Å². The molecule has 0 bridgehead atoms. The van der Waals surface area contributed by atoms with Gasteiger partial charge in [-0.3, -0.25) is 4.79 Å². The van der Waals surface area contributed by atoms with Crippen molar-refractivity contribution in [2.75, 3.05) is 0 Å². The first-order valence-electron chi connectivity index (χ1n) is 11.6. The molecule has 0 aliphatic carbocycles. The van der Waals surface area contributed by atoms with Crippen molar-refractivity contribution >= 4 is 23.5 Å². The summed E-state index contributed by atoms with van der Waals surface area (Å²) in [4.78, 5) is 22.2. The van der Waals surface area contributed by atoms with Gasteiger partial charge < -0.3 is 9.72 Å². The minimum atomic E-state index is -0.434. The molecule has 0 radical (unpaired) electrons. The molecule has 0 spiro atoms. The van der Waals surface area contributed by atoms with E-state index in [2.05, 4.69) is 22.1 Å². The molecule has 1 N–H and O–H groups in total. The Morgan fingerprint density at radius 1 is 0.865 bits per heavy atom. The Hall–Kier alpha value is -4.25. The van der Waals surface area contributed by atoms with E-state index in [1.54, 1.807) is 11.8 Å². The highest BCUT2D eigenvalue weighted by molar-refractivity contribution is 7.99. The molecule has 1 aliphatic heterocycles. The Morgan fingerprint density at radius 3 is 2.41 bits per heavy atom. The van der Waals surface area contributed by atoms with Crippen LogP contribution in [0.1, 0.15) is 11.1 Å². The third-order valence-corrected chi connectivity index (χ3v) is 8.08. The molecule has 0 saturated heterocycles. The SMILES string of the molecule is N#Cc1c(-c2ccc(-c3cccc4c3Sc3ccccc3O4)cc2)nc(SCc2ccccc2)[nH]c1=O. The predicted octanol–water partition coefficient (Wildman–Crippen LogP) is 7.52. The number of thioether (sulfide) groups is 1. The van der Waals surface area contributed by atoms with Crippen LogP contribution in [0.15, 0.2) is 117 Å². The second-order valence-corrected chi connectivity index (χ2v) is 10.4. The summed E-state index contributed by atoms with van der Waals surface area (Å²) in [5.74, 6) is 2.35. The number of para-hydroxylation sites is 1. The highest BCUT2D eigenvalue weighted by Gasteiger charge is 2.21. The van der Waals surface area contributed by atoms with Crippen LogP contribution in [0.4, 0.5) is 0 Å². The average molecular weight is 518 g/mol. The van der Waals surface area contributed by atoms with Crippen LogP contribution in [0.5, 0.6) is 11.5 Å². The highest BCUT2D eigenvalue weighted by Crippen LogP contribution is 2.50. The summed E-state index contributed by atoms with van der Waals surface area (Å²) in [7, 11) is 0. The monoisotopic (exact) mass is 517 g/mol. The van der Waals surface area contributed by atoms with Gasteiger partial charge in [-0.1, -0.05) is 102 Å². The molecule has 178 valence electrons. The number of ether oxygens (including phenoxy) is 1. The van der Waals surface area contributed by atoms with Gasteiger partial charge in [-0.25, -0.2) is 4.98 Å². The standard InChI is InChI=1S/C30H19N3O2S2/c31-17-23-27(32-30(33-29(23)34)36-18-19-7-2-1-3-8-19)21-15-13-20(14-16-21)22-9-6-11-25-28(22)37-26-12-5-4-10-24(26)35-25/h1-16H,18H2,(H,32,33,34). The molecule has 0 atom stereocenters. The maximum atomic E-state index is 12.7. The molecular formula is C30H19N3O2S2. The lowest BCUT2D eigenvalue weighted by atomic mass is 10.0. The van der Waals surface area contributed by atoms with Crippen LogP contribution in [0.25, 0.3) is 22.4 Å². The van der Waals surface area contributed by atoms with Crippen LogP contribution in [0.2, 0.25) is 0 Å². The Morgan fingerprint density at radius 2 is 1.59 bits per heavy atom. The molecule has 5 aromatic rings. The van der Waals surface area contributed by atoms with Crippen molar-refractivity contribution in [1.29, 1.82) is 5.26 Å². The fourth-order valence-electron chi connectivity index (χ4n) is 4.14. The maximum Gasteiger partial charge on any atom is 0.270 e. The molecule has 1 aliphatic rings. The molecule has 6 rings (SSSR count). The number of nitriles is 1. The van der Waals surface area contributed by atoms with E-state index in [1.165, 1.54) is 11.8 Å². The van der Waals surface area contributed by atoms with Crippen LogP contribution in [-0.4, -0.2) is 9.97 Å². The molecule has 5 nitrogen and oxygen atoms in total. The topological polar surface area (TPSA) is 78.8 Å². The van der Waals surface area contributed by atoms with Gasteiger partial charge in [0.05, 0.1) is 15.5 Å². The van der Waals surface area contributed by atoms with Crippen molar-refractivity contribution in [3.8, 4) is 40.0 Å². The quantitative estimate of drug-likeness (QED) is 0.188. The van der Waals surface area contributed by atoms with Gasteiger partial charge in [0.25, 0.3) is 5.56 Å². The average Bonchev–Trinajstić information content (AvgIpc) is 2.95. The van der Waals surface area contributed by atoms with Crippen molar-refractivity contribution in [3.63, 3.8) is 0 Å². The molecule has 0 fully saturated rings. The van der Waals surface area contributed by atoms with Crippen molar-refractivity contribution in [1.82, 2.24) is 9.97 Å². The van der Waals surface area contributed by atoms with E-state index in [0.717, 1.165) is 38.0 Å². The van der Waals surface area contributed by atoms with Gasteiger partial charge in [-0.2, -0.15) is 5.26 Å². The number of rotatable bonds is 5. The maximum absolute atomic E-state index is 12.7. The van der Waals surface area contributed by atoms with Gasteiger partial charge in [0.2, 0.25) is 0 Å². The first kappa shape index (κ1) is 23.2. The number of nitrogens with zero attached hydrogens (tertiary/aromatic N) is 2. The summed E-state index contributed by atoms with van der Waals surface area (Å²) in [6.45, 7) is 0. The number of aromatic amines is 1. The van der Waals surface area contributed by atoms with Crippen LogP contribution in [0, 0.1) is 11.3 Å². The zero-order chi connectivity index (χ0) is 25.2. The molecule has 7 heteroatoms. The number of hydrogen-bond donors (Lipinski definition) is 1. The van der Waals surface area contributed by atoms with Crippen molar-refractivity contribution < 1.29 is 4.74 Å². The Balaban J connectivity index is 1.32. The summed E-state index contributed by atoms with van der Waals surface area (Å²) in [6, 6.07) is 33.8. The molecule has 4 aromatic carbocycles. The van der Waals surface area contributed by atoms with Gasteiger partial charge >= 0.3 is 0 Å². The van der Waals surface area contributed by atoms with Crippen molar-refractivity contribution in [2.45, 2.75) is 20.7 Å². The minimum absolute atomic E-state index is 0.00876. The third-order valence-electron chi connectivity index (χ3n) is 5.96. The number of aromatic nitrogens is 2. The van der Waals surface area contributed by atoms with Crippen LogP contribution in [0.3, 0.4) is 0 Å². The summed E-state index contributed by atoms with van der Waals surface area (Å²) in [6.07, 6.45) is 0. The second-order valence-electron chi connectivity index (χ2n) is 8.34. The lowest BCUT2D eigenvalue weighted by Gasteiger charge is -2.22. The normalized spacial score (nSPS) is 11.6. The molecule has 37 heavy (non-hydrogen) atoms. The number of H-pyrrole nitrogens is 1. The highest BCUT2D eigenvalue weighted by atomic mass is 32.2. The fraction of sp³-hybridized carbons (Fsp3) is 0.0333. The van der Waals surface area contributed by atoms with E-state index in [0.29, 0.717) is 22.2 Å². The van der Waals surface area contributed by atoms with Gasteiger partial charge in [-0.15, -0.1) is 0 Å². The largest absolute Gasteiger partial charge is 0.455 e. The fourth-order valence-corrected chi connectivity index (χ4v) is 6.04. The first-order chi connectivity index (χ1) is 18.2. The van der Waals surface area contributed by atoms with E-state index < -0.39 is 5.56 Å². The predicted molar refractivity (Wildman–Crippen MR) is 147 cm³/mol. The van der Waals surface area contributed by atoms with E-state index in [-0.39, 0.29) is 5.56 Å². The van der Waals surface area contributed by atoms with Gasteiger partial charge in [0.1, 0.15) is 23.1 Å². The smallest absolute Gasteiger partial charge is 0.270 e. The number of fused-ring (bicyclic) bond motifs is 2. The first-order valence-corrected chi connectivity index (χ1v) is 13.4. The Kier molecular flexibility index (Phi) is 6.27. The molecular weight excluding hydrogens is 498 g/mol. The third kappa shape index (κ3) is 4.65. The van der Waals surface area contributed by atoms with Crippen molar-refractivity contribution in [3.05, 3.63) is 119 Å². The molecule has 0 amide bonds. The minimum Gasteiger partial charge on any atom is -0.455 e. The summed E-state index contributed by atoms with van der Waals surface area (Å²) < 4.78 is 6.14. The van der Waals surface area contributed by atoms with Gasteiger partial charge in [0.15, 0.2) is 5.16 Å². The van der Waals surface area contributed by atoms with Gasteiger partial charge in [-0.05, 0) is 34.9 Å². The Labute approximate surface area is 222 Å². The summed E-state index contributed by atoms with van der Waals surface area (Å²) in [5.41, 5.74) is 3.87. The lowest BCUT2D eigenvalue weighted by Crippen LogP contribution is -2.14. The number of benzene rings is 4. The summed E-state index contributed by atoms with van der Waals surface area (Å²) >= 11 is 3.12. The number of nitrogens with one attached hydrogen (secondary N) is 1. The zero-order valence-corrected chi connectivity index (χ0v) is 21.1.